The van der Waals surface area contributed by atoms with Gasteiger partial charge in [0.1, 0.15) is 5.75 Å². The van der Waals surface area contributed by atoms with Crippen molar-refractivity contribution in [3.8, 4) is 5.75 Å². The molecule has 94 valence electrons. The zero-order valence-corrected chi connectivity index (χ0v) is 10.8. The lowest BCUT2D eigenvalue weighted by molar-refractivity contribution is 0.0937. The average Bonchev–Trinajstić information content (AvgIpc) is 2.29. The number of rotatable bonds is 5. The highest BCUT2D eigenvalue weighted by molar-refractivity contribution is 5.96. The van der Waals surface area contributed by atoms with Crippen molar-refractivity contribution >= 4 is 5.91 Å². The lowest BCUT2D eigenvalue weighted by atomic mass is 10.1. The van der Waals surface area contributed by atoms with E-state index >= 15 is 0 Å². The molecule has 0 aromatic heterocycles. The number of hydrogen-bond donors (Lipinski definition) is 2. The van der Waals surface area contributed by atoms with Gasteiger partial charge >= 0.3 is 0 Å². The highest BCUT2D eigenvalue weighted by Crippen LogP contribution is 2.19. The van der Waals surface area contributed by atoms with E-state index in [0.29, 0.717) is 11.1 Å². The molecule has 0 saturated heterocycles. The Morgan fingerprint density at radius 2 is 2.18 bits per heavy atom. The van der Waals surface area contributed by atoms with E-state index in [1.807, 2.05) is 6.92 Å². The van der Waals surface area contributed by atoms with Crippen molar-refractivity contribution in [3.63, 3.8) is 0 Å². The van der Waals surface area contributed by atoms with Crippen LogP contribution < -0.4 is 5.32 Å². The highest BCUT2D eigenvalue weighted by Gasteiger charge is 2.13. The normalized spacial score (nSPS) is 12.2. The van der Waals surface area contributed by atoms with Crippen LogP contribution >= 0.6 is 0 Å². The smallest absolute Gasteiger partial charge is 0.251 e. The van der Waals surface area contributed by atoms with Gasteiger partial charge in [-0.3, -0.25) is 4.79 Å². The topological polar surface area (TPSA) is 49.3 Å². The van der Waals surface area contributed by atoms with Crippen LogP contribution in [0.15, 0.2) is 18.2 Å². The fourth-order valence-electron chi connectivity index (χ4n) is 1.75. The van der Waals surface area contributed by atoms with Crippen molar-refractivity contribution in [2.75, 3.05) is 0 Å². The van der Waals surface area contributed by atoms with Crippen LogP contribution in [0.2, 0.25) is 0 Å². The summed E-state index contributed by atoms with van der Waals surface area (Å²) >= 11 is 0. The van der Waals surface area contributed by atoms with Crippen molar-refractivity contribution in [1.29, 1.82) is 0 Å². The molecule has 0 spiro atoms. The first-order chi connectivity index (χ1) is 8.06. The van der Waals surface area contributed by atoms with E-state index < -0.39 is 0 Å². The minimum absolute atomic E-state index is 0.109. The molecule has 0 aliphatic rings. The monoisotopic (exact) mass is 235 g/mol. The largest absolute Gasteiger partial charge is 0.508 e. The van der Waals surface area contributed by atoms with Crippen molar-refractivity contribution in [2.45, 2.75) is 46.1 Å². The fourth-order valence-corrected chi connectivity index (χ4v) is 1.75. The number of hydrogen-bond acceptors (Lipinski definition) is 2. The maximum absolute atomic E-state index is 12.0. The molecule has 1 atom stereocenters. The first kappa shape index (κ1) is 13.6. The Bertz CT molecular complexity index is 388. The van der Waals surface area contributed by atoms with Crippen LogP contribution in [-0.2, 0) is 0 Å². The minimum Gasteiger partial charge on any atom is -0.508 e. The number of amides is 1. The molecule has 1 rings (SSSR count). The minimum atomic E-state index is -0.109. The summed E-state index contributed by atoms with van der Waals surface area (Å²) in [5, 5.41) is 12.5. The van der Waals surface area contributed by atoms with Crippen molar-refractivity contribution in [1.82, 2.24) is 5.32 Å². The van der Waals surface area contributed by atoms with E-state index in [1.54, 1.807) is 25.1 Å². The zero-order valence-electron chi connectivity index (χ0n) is 10.8. The predicted octanol–water partition coefficient (Wildman–Crippen LogP) is 3.01. The number of aromatic hydroxyl groups is 1. The fraction of sp³-hybridized carbons (Fsp3) is 0.500. The second-order valence-corrected chi connectivity index (χ2v) is 4.47. The molecule has 17 heavy (non-hydrogen) atoms. The average molecular weight is 235 g/mol. The van der Waals surface area contributed by atoms with Gasteiger partial charge in [-0.1, -0.05) is 25.8 Å². The molecule has 0 radical (unpaired) electrons. The van der Waals surface area contributed by atoms with E-state index in [0.717, 1.165) is 19.3 Å². The lowest BCUT2D eigenvalue weighted by Crippen LogP contribution is -2.32. The second-order valence-electron chi connectivity index (χ2n) is 4.47. The van der Waals surface area contributed by atoms with Crippen molar-refractivity contribution in [2.24, 2.45) is 0 Å². The number of unbranched alkanes of at least 4 members (excludes halogenated alkanes) is 1. The number of phenols is 1. The molecule has 0 bridgehead atoms. The summed E-state index contributed by atoms with van der Waals surface area (Å²) < 4.78 is 0. The Morgan fingerprint density at radius 1 is 1.47 bits per heavy atom. The first-order valence-electron chi connectivity index (χ1n) is 6.15. The molecule has 2 N–H and O–H groups in total. The molecule has 0 heterocycles. The molecule has 1 unspecified atom stereocenters. The van der Waals surface area contributed by atoms with Crippen LogP contribution in [0.4, 0.5) is 0 Å². The van der Waals surface area contributed by atoms with Crippen LogP contribution in [0, 0.1) is 6.92 Å². The Morgan fingerprint density at radius 3 is 2.82 bits per heavy atom. The summed E-state index contributed by atoms with van der Waals surface area (Å²) in [7, 11) is 0. The number of carbonyl (C=O) groups excluding carboxylic acids is 1. The summed E-state index contributed by atoms with van der Waals surface area (Å²) in [4.78, 5) is 12.0. The Labute approximate surface area is 103 Å². The summed E-state index contributed by atoms with van der Waals surface area (Å²) in [6.45, 7) is 5.89. The molecule has 1 aromatic carbocycles. The van der Waals surface area contributed by atoms with E-state index in [2.05, 4.69) is 12.2 Å². The third kappa shape index (κ3) is 3.77. The Hall–Kier alpha value is -1.51. The zero-order chi connectivity index (χ0) is 12.8. The highest BCUT2D eigenvalue weighted by atomic mass is 16.3. The predicted molar refractivity (Wildman–Crippen MR) is 69.3 cm³/mol. The van der Waals surface area contributed by atoms with Gasteiger partial charge in [-0.15, -0.1) is 0 Å². The molecule has 0 aliphatic carbocycles. The van der Waals surface area contributed by atoms with E-state index in [1.165, 1.54) is 0 Å². The standard InChI is InChI=1S/C14H21NO2/c1-4-5-7-10(2)15-14(17)12-8-6-9-13(16)11(12)3/h6,8-10,16H,4-5,7H2,1-3H3,(H,15,17). The lowest BCUT2D eigenvalue weighted by Gasteiger charge is -2.14. The van der Waals surface area contributed by atoms with Gasteiger partial charge in [-0.2, -0.15) is 0 Å². The van der Waals surface area contributed by atoms with Crippen LogP contribution in [0.25, 0.3) is 0 Å². The van der Waals surface area contributed by atoms with Gasteiger partial charge in [-0.25, -0.2) is 0 Å². The number of benzene rings is 1. The molecule has 3 nitrogen and oxygen atoms in total. The molecular formula is C14H21NO2. The van der Waals surface area contributed by atoms with Crippen LogP contribution in [0.1, 0.15) is 49.0 Å². The SMILES string of the molecule is CCCCC(C)NC(=O)c1cccc(O)c1C. The number of nitrogens with one attached hydrogen (secondary N) is 1. The number of carbonyl (C=O) groups is 1. The van der Waals surface area contributed by atoms with Gasteiger partial charge < -0.3 is 10.4 Å². The quantitative estimate of drug-likeness (QED) is 0.824. The van der Waals surface area contributed by atoms with Crippen molar-refractivity contribution in [3.05, 3.63) is 29.3 Å². The van der Waals surface area contributed by atoms with Crippen LogP contribution in [-0.4, -0.2) is 17.1 Å². The molecule has 1 aromatic rings. The first-order valence-corrected chi connectivity index (χ1v) is 6.15. The Balaban J connectivity index is 2.67. The molecular weight excluding hydrogens is 214 g/mol. The van der Waals surface area contributed by atoms with Crippen LogP contribution in [0.5, 0.6) is 5.75 Å². The van der Waals surface area contributed by atoms with Gasteiger partial charge in [0.25, 0.3) is 5.91 Å². The van der Waals surface area contributed by atoms with Gasteiger partial charge in [0.05, 0.1) is 0 Å². The van der Waals surface area contributed by atoms with Crippen LogP contribution in [0.3, 0.4) is 0 Å². The second kappa shape index (κ2) is 6.28. The Kier molecular flexibility index (Phi) is 5.01. The summed E-state index contributed by atoms with van der Waals surface area (Å²) in [6, 6.07) is 5.18. The third-order valence-corrected chi connectivity index (χ3v) is 2.92. The van der Waals surface area contributed by atoms with E-state index in [-0.39, 0.29) is 17.7 Å². The van der Waals surface area contributed by atoms with Crippen molar-refractivity contribution < 1.29 is 9.90 Å². The maximum atomic E-state index is 12.0. The molecule has 0 aliphatic heterocycles. The molecule has 1 amide bonds. The summed E-state index contributed by atoms with van der Waals surface area (Å²) in [5.74, 6) is 0.0564. The molecule has 0 saturated carbocycles. The molecule has 0 fully saturated rings. The van der Waals surface area contributed by atoms with E-state index in [4.69, 9.17) is 0 Å². The molecule has 3 heteroatoms. The van der Waals surface area contributed by atoms with Gasteiger partial charge in [0, 0.05) is 17.2 Å². The summed E-state index contributed by atoms with van der Waals surface area (Å²) in [5.41, 5.74) is 1.18. The number of phenolic OH excluding ortho intramolecular Hbond substituents is 1. The summed E-state index contributed by atoms with van der Waals surface area (Å²) in [6.07, 6.45) is 3.23. The van der Waals surface area contributed by atoms with Gasteiger partial charge in [0.15, 0.2) is 0 Å². The van der Waals surface area contributed by atoms with Gasteiger partial charge in [-0.05, 0) is 32.4 Å². The van der Waals surface area contributed by atoms with Gasteiger partial charge in [0.2, 0.25) is 0 Å². The third-order valence-electron chi connectivity index (χ3n) is 2.92. The maximum Gasteiger partial charge on any atom is 0.251 e. The van der Waals surface area contributed by atoms with E-state index in [9.17, 15) is 9.90 Å².